The number of hydrogen-bond acceptors (Lipinski definition) is 3. The zero-order valence-corrected chi connectivity index (χ0v) is 12.0. The number of carbonyl (C=O) groups excluding carboxylic acids is 1. The SMILES string of the molecule is CC(C(=O)Nc1cccc(N2CCOCC2)c1)C1CC1. The van der Waals surface area contributed by atoms with E-state index in [1.165, 1.54) is 12.8 Å². The van der Waals surface area contributed by atoms with Gasteiger partial charge in [-0.2, -0.15) is 0 Å². The van der Waals surface area contributed by atoms with E-state index in [9.17, 15) is 4.79 Å². The molecule has 1 aliphatic heterocycles. The molecule has 20 heavy (non-hydrogen) atoms. The summed E-state index contributed by atoms with van der Waals surface area (Å²) in [5.41, 5.74) is 2.05. The van der Waals surface area contributed by atoms with Crippen molar-refractivity contribution < 1.29 is 9.53 Å². The highest BCUT2D eigenvalue weighted by molar-refractivity contribution is 5.93. The topological polar surface area (TPSA) is 41.6 Å². The molecule has 0 bridgehead atoms. The number of nitrogens with one attached hydrogen (secondary N) is 1. The van der Waals surface area contributed by atoms with E-state index >= 15 is 0 Å². The normalized spacial score (nSPS) is 20.6. The Kier molecular flexibility index (Phi) is 3.92. The van der Waals surface area contributed by atoms with Gasteiger partial charge in [0.05, 0.1) is 13.2 Å². The molecule has 2 fully saturated rings. The fraction of sp³-hybridized carbons (Fsp3) is 0.562. The van der Waals surface area contributed by atoms with Gasteiger partial charge >= 0.3 is 0 Å². The lowest BCUT2D eigenvalue weighted by Crippen LogP contribution is -2.36. The second-order valence-corrected chi connectivity index (χ2v) is 5.77. The Morgan fingerprint density at radius 3 is 2.80 bits per heavy atom. The summed E-state index contributed by atoms with van der Waals surface area (Å²) in [5, 5.41) is 3.05. The molecular formula is C16H22N2O2. The molecule has 108 valence electrons. The Bertz CT molecular complexity index is 479. The average Bonchev–Trinajstić information content (AvgIpc) is 3.32. The summed E-state index contributed by atoms with van der Waals surface area (Å²) in [6.07, 6.45) is 2.39. The van der Waals surface area contributed by atoms with Gasteiger partial charge in [0.2, 0.25) is 5.91 Å². The van der Waals surface area contributed by atoms with E-state index in [4.69, 9.17) is 4.74 Å². The Hall–Kier alpha value is -1.55. The van der Waals surface area contributed by atoms with E-state index in [-0.39, 0.29) is 11.8 Å². The highest BCUT2D eigenvalue weighted by Gasteiger charge is 2.32. The van der Waals surface area contributed by atoms with Crippen molar-refractivity contribution in [3.8, 4) is 0 Å². The van der Waals surface area contributed by atoms with Crippen LogP contribution in [0.2, 0.25) is 0 Å². The van der Waals surface area contributed by atoms with Gasteiger partial charge < -0.3 is 15.0 Å². The van der Waals surface area contributed by atoms with Crippen molar-refractivity contribution in [1.29, 1.82) is 0 Å². The quantitative estimate of drug-likeness (QED) is 0.917. The highest BCUT2D eigenvalue weighted by atomic mass is 16.5. The number of ether oxygens (including phenoxy) is 1. The molecule has 0 spiro atoms. The lowest BCUT2D eigenvalue weighted by atomic mass is 10.1. The molecule has 1 saturated carbocycles. The average molecular weight is 274 g/mol. The molecule has 1 amide bonds. The fourth-order valence-electron chi connectivity index (χ4n) is 2.67. The Morgan fingerprint density at radius 2 is 2.10 bits per heavy atom. The predicted molar refractivity (Wildman–Crippen MR) is 80.0 cm³/mol. The standard InChI is InChI=1S/C16H22N2O2/c1-12(13-5-6-13)16(19)17-14-3-2-4-15(11-14)18-7-9-20-10-8-18/h2-4,11-13H,5-10H2,1H3,(H,17,19). The van der Waals surface area contributed by atoms with E-state index in [0.29, 0.717) is 5.92 Å². The van der Waals surface area contributed by atoms with E-state index in [1.807, 2.05) is 19.1 Å². The first-order valence-electron chi connectivity index (χ1n) is 7.47. The third-order valence-electron chi connectivity index (χ3n) is 4.23. The minimum Gasteiger partial charge on any atom is -0.378 e. The van der Waals surface area contributed by atoms with E-state index in [2.05, 4.69) is 22.3 Å². The van der Waals surface area contributed by atoms with Crippen molar-refractivity contribution in [3.63, 3.8) is 0 Å². The lowest BCUT2D eigenvalue weighted by molar-refractivity contribution is -0.119. The monoisotopic (exact) mass is 274 g/mol. The number of morpholine rings is 1. The predicted octanol–water partition coefficient (Wildman–Crippen LogP) is 2.51. The molecule has 3 rings (SSSR count). The maximum absolute atomic E-state index is 12.1. The molecule has 1 aromatic rings. The number of nitrogens with zero attached hydrogens (tertiary/aromatic N) is 1. The second kappa shape index (κ2) is 5.83. The van der Waals surface area contributed by atoms with Crippen molar-refractivity contribution in [2.24, 2.45) is 11.8 Å². The van der Waals surface area contributed by atoms with Gasteiger partial charge in [0.25, 0.3) is 0 Å². The maximum Gasteiger partial charge on any atom is 0.227 e. The van der Waals surface area contributed by atoms with Crippen molar-refractivity contribution in [2.75, 3.05) is 36.5 Å². The number of benzene rings is 1. The van der Waals surface area contributed by atoms with Crippen molar-refractivity contribution in [3.05, 3.63) is 24.3 Å². The van der Waals surface area contributed by atoms with Crippen LogP contribution in [-0.4, -0.2) is 32.2 Å². The fourth-order valence-corrected chi connectivity index (χ4v) is 2.67. The number of rotatable bonds is 4. The molecule has 4 nitrogen and oxygen atoms in total. The van der Waals surface area contributed by atoms with Crippen LogP contribution in [0.5, 0.6) is 0 Å². The van der Waals surface area contributed by atoms with Crippen molar-refractivity contribution in [2.45, 2.75) is 19.8 Å². The molecule has 4 heteroatoms. The molecule has 1 N–H and O–H groups in total. The van der Waals surface area contributed by atoms with Crippen molar-refractivity contribution >= 4 is 17.3 Å². The second-order valence-electron chi connectivity index (χ2n) is 5.77. The zero-order valence-electron chi connectivity index (χ0n) is 12.0. The number of amides is 1. The van der Waals surface area contributed by atoms with E-state index in [0.717, 1.165) is 37.7 Å². The summed E-state index contributed by atoms with van der Waals surface area (Å²) in [4.78, 5) is 14.4. The van der Waals surface area contributed by atoms with Crippen LogP contribution < -0.4 is 10.2 Å². The first kappa shape index (κ1) is 13.4. The van der Waals surface area contributed by atoms with Gasteiger partial charge in [0.15, 0.2) is 0 Å². The number of carbonyl (C=O) groups is 1. The molecule has 1 saturated heterocycles. The van der Waals surface area contributed by atoms with Crippen LogP contribution in [0.1, 0.15) is 19.8 Å². The van der Waals surface area contributed by atoms with Crippen LogP contribution in [0.4, 0.5) is 11.4 Å². The summed E-state index contributed by atoms with van der Waals surface area (Å²) in [6, 6.07) is 8.11. The molecule has 1 atom stereocenters. The van der Waals surface area contributed by atoms with Crippen molar-refractivity contribution in [1.82, 2.24) is 0 Å². The smallest absolute Gasteiger partial charge is 0.227 e. The minimum atomic E-state index is 0.127. The number of anilines is 2. The van der Waals surface area contributed by atoms with Crippen LogP contribution >= 0.6 is 0 Å². The molecule has 0 aromatic heterocycles. The summed E-state index contributed by atoms with van der Waals surface area (Å²) in [7, 11) is 0. The molecule has 1 unspecified atom stereocenters. The molecule has 1 aromatic carbocycles. The Labute approximate surface area is 120 Å². The van der Waals surface area contributed by atoms with Crippen LogP contribution in [0, 0.1) is 11.8 Å². The van der Waals surface area contributed by atoms with Gasteiger partial charge in [-0.15, -0.1) is 0 Å². The maximum atomic E-state index is 12.1. The van der Waals surface area contributed by atoms with E-state index < -0.39 is 0 Å². The third kappa shape index (κ3) is 3.12. The van der Waals surface area contributed by atoms with Crippen LogP contribution in [0.3, 0.4) is 0 Å². The summed E-state index contributed by atoms with van der Waals surface area (Å²) in [5.74, 6) is 0.867. The molecular weight excluding hydrogens is 252 g/mol. The summed E-state index contributed by atoms with van der Waals surface area (Å²) < 4.78 is 5.37. The minimum absolute atomic E-state index is 0.127. The van der Waals surface area contributed by atoms with Gasteiger partial charge in [-0.25, -0.2) is 0 Å². The van der Waals surface area contributed by atoms with Gasteiger partial charge in [0.1, 0.15) is 0 Å². The Morgan fingerprint density at radius 1 is 1.35 bits per heavy atom. The third-order valence-corrected chi connectivity index (χ3v) is 4.23. The zero-order chi connectivity index (χ0) is 13.9. The largest absolute Gasteiger partial charge is 0.378 e. The summed E-state index contributed by atoms with van der Waals surface area (Å²) in [6.45, 7) is 5.40. The van der Waals surface area contributed by atoms with Gasteiger partial charge in [-0.3, -0.25) is 4.79 Å². The van der Waals surface area contributed by atoms with Gasteiger partial charge in [-0.05, 0) is 37.0 Å². The van der Waals surface area contributed by atoms with Crippen LogP contribution in [-0.2, 0) is 9.53 Å². The summed E-state index contributed by atoms with van der Waals surface area (Å²) >= 11 is 0. The molecule has 1 heterocycles. The highest BCUT2D eigenvalue weighted by Crippen LogP contribution is 2.37. The molecule has 2 aliphatic rings. The first-order valence-corrected chi connectivity index (χ1v) is 7.47. The lowest BCUT2D eigenvalue weighted by Gasteiger charge is -2.29. The Balaban J connectivity index is 1.65. The first-order chi connectivity index (χ1) is 9.74. The van der Waals surface area contributed by atoms with Crippen LogP contribution in [0.15, 0.2) is 24.3 Å². The van der Waals surface area contributed by atoms with E-state index in [1.54, 1.807) is 0 Å². The number of hydrogen-bond donors (Lipinski definition) is 1. The van der Waals surface area contributed by atoms with Gasteiger partial charge in [0, 0.05) is 30.4 Å². The van der Waals surface area contributed by atoms with Gasteiger partial charge in [-0.1, -0.05) is 13.0 Å². The van der Waals surface area contributed by atoms with Crippen LogP contribution in [0.25, 0.3) is 0 Å². The molecule has 1 aliphatic carbocycles. The molecule has 0 radical (unpaired) electrons.